The summed E-state index contributed by atoms with van der Waals surface area (Å²) in [5.41, 5.74) is 1.49. The normalized spacial score (nSPS) is 10.7. The summed E-state index contributed by atoms with van der Waals surface area (Å²) >= 11 is 0. The SMILES string of the molecule is CN(Cc1ccccc1)C(=O)Cn1cnc2ccccc2c1=O. The number of carbonyl (C=O) groups is 1. The zero-order valence-corrected chi connectivity index (χ0v) is 12.8. The quantitative estimate of drug-likeness (QED) is 0.741. The van der Waals surface area contributed by atoms with Crippen molar-refractivity contribution >= 4 is 16.8 Å². The van der Waals surface area contributed by atoms with E-state index in [4.69, 9.17) is 0 Å². The second-order valence-corrected chi connectivity index (χ2v) is 5.43. The van der Waals surface area contributed by atoms with Crippen molar-refractivity contribution in [2.75, 3.05) is 7.05 Å². The first kappa shape index (κ1) is 15.0. The zero-order chi connectivity index (χ0) is 16.2. The van der Waals surface area contributed by atoms with Gasteiger partial charge in [0.25, 0.3) is 5.56 Å². The maximum absolute atomic E-state index is 12.4. The molecule has 3 rings (SSSR count). The first-order valence-electron chi connectivity index (χ1n) is 7.37. The fourth-order valence-electron chi connectivity index (χ4n) is 2.43. The minimum Gasteiger partial charge on any atom is -0.340 e. The van der Waals surface area contributed by atoms with Crippen molar-refractivity contribution in [3.8, 4) is 0 Å². The standard InChI is InChI=1S/C18H17N3O2/c1-20(11-14-7-3-2-4-8-14)17(22)12-21-13-19-16-10-6-5-9-15(16)18(21)23/h2-10,13H,11-12H2,1H3. The van der Waals surface area contributed by atoms with Gasteiger partial charge in [-0.3, -0.25) is 14.2 Å². The molecule has 0 fully saturated rings. The third kappa shape index (κ3) is 3.29. The van der Waals surface area contributed by atoms with Crippen LogP contribution in [0.5, 0.6) is 0 Å². The molecule has 0 saturated heterocycles. The maximum atomic E-state index is 12.4. The Morgan fingerprint density at radius 1 is 1.09 bits per heavy atom. The van der Waals surface area contributed by atoms with Crippen molar-refractivity contribution in [3.05, 3.63) is 76.8 Å². The largest absolute Gasteiger partial charge is 0.340 e. The minimum atomic E-state index is -0.197. The minimum absolute atomic E-state index is 0.0139. The van der Waals surface area contributed by atoms with E-state index in [1.165, 1.54) is 10.9 Å². The van der Waals surface area contributed by atoms with Crippen molar-refractivity contribution in [1.29, 1.82) is 0 Å². The van der Waals surface area contributed by atoms with Gasteiger partial charge in [0.1, 0.15) is 6.54 Å². The highest BCUT2D eigenvalue weighted by molar-refractivity contribution is 5.78. The van der Waals surface area contributed by atoms with E-state index in [1.54, 1.807) is 30.1 Å². The van der Waals surface area contributed by atoms with Crippen LogP contribution in [0, 0.1) is 0 Å². The number of amides is 1. The Morgan fingerprint density at radius 3 is 2.57 bits per heavy atom. The average Bonchev–Trinajstić information content (AvgIpc) is 2.58. The summed E-state index contributed by atoms with van der Waals surface area (Å²) in [5, 5.41) is 0.522. The van der Waals surface area contributed by atoms with Gasteiger partial charge < -0.3 is 4.90 Å². The maximum Gasteiger partial charge on any atom is 0.261 e. The average molecular weight is 307 g/mol. The number of benzene rings is 2. The lowest BCUT2D eigenvalue weighted by Crippen LogP contribution is -2.33. The summed E-state index contributed by atoms with van der Waals surface area (Å²) in [6.07, 6.45) is 1.43. The molecule has 116 valence electrons. The Balaban J connectivity index is 1.77. The Hall–Kier alpha value is -2.95. The van der Waals surface area contributed by atoms with Crippen molar-refractivity contribution in [2.24, 2.45) is 0 Å². The van der Waals surface area contributed by atoms with Crippen LogP contribution in [0.15, 0.2) is 65.7 Å². The number of aromatic nitrogens is 2. The fourth-order valence-corrected chi connectivity index (χ4v) is 2.43. The number of hydrogen-bond donors (Lipinski definition) is 0. The van der Waals surface area contributed by atoms with Gasteiger partial charge in [-0.25, -0.2) is 4.98 Å². The smallest absolute Gasteiger partial charge is 0.261 e. The monoisotopic (exact) mass is 307 g/mol. The van der Waals surface area contributed by atoms with Gasteiger partial charge in [-0.15, -0.1) is 0 Å². The van der Waals surface area contributed by atoms with Crippen molar-refractivity contribution in [3.63, 3.8) is 0 Å². The van der Waals surface area contributed by atoms with E-state index in [0.29, 0.717) is 17.4 Å². The van der Waals surface area contributed by atoms with E-state index in [0.717, 1.165) is 5.56 Å². The van der Waals surface area contributed by atoms with Crippen LogP contribution in [-0.4, -0.2) is 27.4 Å². The van der Waals surface area contributed by atoms with Crippen molar-refractivity contribution in [1.82, 2.24) is 14.5 Å². The molecule has 0 bridgehead atoms. The van der Waals surface area contributed by atoms with E-state index in [9.17, 15) is 9.59 Å². The summed E-state index contributed by atoms with van der Waals surface area (Å²) in [7, 11) is 1.73. The summed E-state index contributed by atoms with van der Waals surface area (Å²) in [6, 6.07) is 16.9. The lowest BCUT2D eigenvalue weighted by Gasteiger charge is -2.18. The lowest BCUT2D eigenvalue weighted by atomic mass is 10.2. The Morgan fingerprint density at radius 2 is 1.78 bits per heavy atom. The van der Waals surface area contributed by atoms with Gasteiger partial charge >= 0.3 is 0 Å². The van der Waals surface area contributed by atoms with Crippen molar-refractivity contribution < 1.29 is 4.79 Å². The molecule has 1 amide bonds. The molecule has 5 heteroatoms. The van der Waals surface area contributed by atoms with Crippen LogP contribution in [0.4, 0.5) is 0 Å². The fraction of sp³-hybridized carbons (Fsp3) is 0.167. The first-order valence-corrected chi connectivity index (χ1v) is 7.37. The van der Waals surface area contributed by atoms with Gasteiger partial charge in [0, 0.05) is 13.6 Å². The molecule has 0 aliphatic carbocycles. The Kier molecular flexibility index (Phi) is 4.19. The Bertz CT molecular complexity index is 887. The highest BCUT2D eigenvalue weighted by Gasteiger charge is 2.12. The van der Waals surface area contributed by atoms with Crippen LogP contribution >= 0.6 is 0 Å². The number of carbonyl (C=O) groups excluding carboxylic acids is 1. The molecule has 0 spiro atoms. The molecule has 1 heterocycles. The molecule has 0 saturated carbocycles. The van der Waals surface area contributed by atoms with E-state index < -0.39 is 0 Å². The van der Waals surface area contributed by atoms with Gasteiger partial charge in [0.05, 0.1) is 17.2 Å². The van der Waals surface area contributed by atoms with Crippen LogP contribution in [-0.2, 0) is 17.9 Å². The van der Waals surface area contributed by atoms with Crippen LogP contribution in [0.2, 0.25) is 0 Å². The topological polar surface area (TPSA) is 55.2 Å². The second kappa shape index (κ2) is 6.44. The summed E-state index contributed by atoms with van der Waals surface area (Å²) < 4.78 is 1.35. The molecule has 0 radical (unpaired) electrons. The zero-order valence-electron chi connectivity index (χ0n) is 12.8. The molecule has 2 aromatic carbocycles. The molecule has 0 unspecified atom stereocenters. The Labute approximate surface area is 133 Å². The first-order chi connectivity index (χ1) is 11.1. The van der Waals surface area contributed by atoms with Gasteiger partial charge in [0.15, 0.2) is 0 Å². The summed E-state index contributed by atoms with van der Waals surface area (Å²) in [5.74, 6) is -0.131. The van der Waals surface area contributed by atoms with E-state index in [1.807, 2.05) is 36.4 Å². The van der Waals surface area contributed by atoms with Gasteiger partial charge in [-0.05, 0) is 17.7 Å². The number of hydrogen-bond acceptors (Lipinski definition) is 3. The summed E-state index contributed by atoms with van der Waals surface area (Å²) in [6.45, 7) is 0.495. The molecule has 0 N–H and O–H groups in total. The predicted molar refractivity (Wildman–Crippen MR) is 88.9 cm³/mol. The highest BCUT2D eigenvalue weighted by atomic mass is 16.2. The molecule has 1 aromatic heterocycles. The molecule has 5 nitrogen and oxygen atoms in total. The lowest BCUT2D eigenvalue weighted by molar-refractivity contribution is -0.131. The van der Waals surface area contributed by atoms with E-state index in [-0.39, 0.29) is 18.0 Å². The predicted octanol–water partition coefficient (Wildman–Crippen LogP) is 2.06. The number of nitrogens with zero attached hydrogens (tertiary/aromatic N) is 3. The van der Waals surface area contributed by atoms with Gasteiger partial charge in [-0.1, -0.05) is 42.5 Å². The van der Waals surface area contributed by atoms with Crippen molar-refractivity contribution in [2.45, 2.75) is 13.1 Å². The third-order valence-corrected chi connectivity index (χ3v) is 3.73. The van der Waals surface area contributed by atoms with Crippen LogP contribution < -0.4 is 5.56 Å². The van der Waals surface area contributed by atoms with Gasteiger partial charge in [0.2, 0.25) is 5.91 Å². The van der Waals surface area contributed by atoms with E-state index >= 15 is 0 Å². The van der Waals surface area contributed by atoms with Crippen LogP contribution in [0.3, 0.4) is 0 Å². The number of rotatable bonds is 4. The molecule has 0 aliphatic rings. The van der Waals surface area contributed by atoms with Gasteiger partial charge in [-0.2, -0.15) is 0 Å². The molecular weight excluding hydrogens is 290 g/mol. The molecular formula is C18H17N3O2. The molecule has 0 atom stereocenters. The second-order valence-electron chi connectivity index (χ2n) is 5.43. The number of para-hydroxylation sites is 1. The highest BCUT2D eigenvalue weighted by Crippen LogP contribution is 2.06. The van der Waals surface area contributed by atoms with Crippen LogP contribution in [0.1, 0.15) is 5.56 Å². The van der Waals surface area contributed by atoms with Crippen LogP contribution in [0.25, 0.3) is 10.9 Å². The molecule has 23 heavy (non-hydrogen) atoms. The number of likely N-dealkylation sites (N-methyl/N-ethyl adjacent to an activating group) is 1. The summed E-state index contributed by atoms with van der Waals surface area (Å²) in [4.78, 5) is 30.6. The van der Waals surface area contributed by atoms with E-state index in [2.05, 4.69) is 4.98 Å². The molecule has 0 aliphatic heterocycles. The third-order valence-electron chi connectivity index (χ3n) is 3.73. The molecule has 3 aromatic rings. The number of fused-ring (bicyclic) bond motifs is 1.